The summed E-state index contributed by atoms with van der Waals surface area (Å²) in [6, 6.07) is 11.7. The van der Waals surface area contributed by atoms with Crippen molar-refractivity contribution in [3.05, 3.63) is 30.3 Å². The molecule has 1 aliphatic heterocycles. The lowest BCUT2D eigenvalue weighted by atomic mass is 10.3. The van der Waals surface area contributed by atoms with Crippen LogP contribution in [0.25, 0.3) is 0 Å². The van der Waals surface area contributed by atoms with Crippen molar-refractivity contribution < 1.29 is 8.54 Å². The van der Waals surface area contributed by atoms with Crippen molar-refractivity contribution in [3.8, 4) is 0 Å². The maximum absolute atomic E-state index is 6.32. The van der Waals surface area contributed by atoms with Gasteiger partial charge in [-0.25, -0.2) is 0 Å². The van der Waals surface area contributed by atoms with Crippen LogP contribution in [-0.4, -0.2) is 24.2 Å². The van der Waals surface area contributed by atoms with Crippen LogP contribution in [0.5, 0.6) is 0 Å². The highest BCUT2D eigenvalue weighted by Gasteiger charge is 2.41. The number of hydrogen-bond acceptors (Lipinski definition) is 2. The molecule has 0 saturated carbocycles. The van der Waals surface area contributed by atoms with Gasteiger partial charge in [0.1, 0.15) is 0 Å². The van der Waals surface area contributed by atoms with Crippen LogP contribution in [-0.2, 0) is 8.54 Å². The predicted octanol–water partition coefficient (Wildman–Crippen LogP) is 2.15. The van der Waals surface area contributed by atoms with E-state index in [4.69, 9.17) is 8.54 Å². The van der Waals surface area contributed by atoms with Crippen LogP contribution in [0.15, 0.2) is 30.3 Å². The molecule has 4 heteroatoms. The first kappa shape index (κ1) is 12.0. The molecule has 0 bridgehead atoms. The molecule has 1 aromatic rings. The number of hydrogen-bond donors (Lipinski definition) is 0. The Morgan fingerprint density at radius 1 is 1.19 bits per heavy atom. The molecule has 16 heavy (non-hydrogen) atoms. The van der Waals surface area contributed by atoms with E-state index in [2.05, 4.69) is 43.4 Å². The van der Waals surface area contributed by atoms with Crippen molar-refractivity contribution in [3.63, 3.8) is 0 Å². The third kappa shape index (κ3) is 2.63. The first-order valence-electron chi connectivity index (χ1n) is 6.10. The SMILES string of the molecule is C[SiH](C)O[Si]1(c2ccccc2)CCCCO1. The lowest BCUT2D eigenvalue weighted by molar-refractivity contribution is 0.221. The molecule has 0 aromatic heterocycles. The molecule has 1 saturated heterocycles. The van der Waals surface area contributed by atoms with Crippen LogP contribution < -0.4 is 5.19 Å². The van der Waals surface area contributed by atoms with Gasteiger partial charge >= 0.3 is 8.56 Å². The zero-order valence-electron chi connectivity index (χ0n) is 10.1. The van der Waals surface area contributed by atoms with Crippen molar-refractivity contribution in [2.24, 2.45) is 0 Å². The third-order valence-electron chi connectivity index (χ3n) is 2.88. The van der Waals surface area contributed by atoms with E-state index in [-0.39, 0.29) is 0 Å². The van der Waals surface area contributed by atoms with Gasteiger partial charge in [-0.15, -0.1) is 0 Å². The van der Waals surface area contributed by atoms with E-state index in [0.29, 0.717) is 0 Å². The van der Waals surface area contributed by atoms with Gasteiger partial charge < -0.3 is 8.54 Å². The van der Waals surface area contributed by atoms with E-state index < -0.39 is 17.6 Å². The van der Waals surface area contributed by atoms with Crippen molar-refractivity contribution in [1.82, 2.24) is 0 Å². The summed E-state index contributed by atoms with van der Waals surface area (Å²) in [5.41, 5.74) is 0. The summed E-state index contributed by atoms with van der Waals surface area (Å²) >= 11 is 0. The van der Waals surface area contributed by atoms with Gasteiger partial charge in [-0.05, 0) is 37.2 Å². The van der Waals surface area contributed by atoms with Gasteiger partial charge in [0.05, 0.1) is 0 Å². The van der Waals surface area contributed by atoms with Crippen LogP contribution in [0, 0.1) is 0 Å². The minimum Gasteiger partial charge on any atom is -0.436 e. The van der Waals surface area contributed by atoms with E-state index in [1.54, 1.807) is 0 Å². The molecule has 1 aromatic carbocycles. The van der Waals surface area contributed by atoms with Gasteiger partial charge in [0.2, 0.25) is 0 Å². The summed E-state index contributed by atoms with van der Waals surface area (Å²) in [6.07, 6.45) is 2.44. The van der Waals surface area contributed by atoms with Crippen molar-refractivity contribution in [2.45, 2.75) is 32.0 Å². The highest BCUT2D eigenvalue weighted by Crippen LogP contribution is 2.23. The summed E-state index contributed by atoms with van der Waals surface area (Å²) in [5.74, 6) is 0. The minimum absolute atomic E-state index is 0.877. The fraction of sp³-hybridized carbons (Fsp3) is 0.500. The highest BCUT2D eigenvalue weighted by atomic mass is 28.4. The Hall–Kier alpha value is -0.426. The van der Waals surface area contributed by atoms with Crippen LogP contribution >= 0.6 is 0 Å². The van der Waals surface area contributed by atoms with Gasteiger partial charge in [0.15, 0.2) is 9.04 Å². The van der Waals surface area contributed by atoms with E-state index in [0.717, 1.165) is 12.7 Å². The molecule has 2 rings (SSSR count). The Kier molecular flexibility index (Phi) is 3.97. The average Bonchev–Trinajstić information content (AvgIpc) is 2.30. The third-order valence-corrected chi connectivity index (χ3v) is 9.18. The molecule has 1 unspecified atom stereocenters. The molecule has 1 heterocycles. The Morgan fingerprint density at radius 2 is 1.94 bits per heavy atom. The molecule has 1 atom stereocenters. The van der Waals surface area contributed by atoms with Gasteiger partial charge in [0, 0.05) is 6.61 Å². The van der Waals surface area contributed by atoms with Crippen LogP contribution in [0.2, 0.25) is 19.1 Å². The summed E-state index contributed by atoms with van der Waals surface area (Å²) in [4.78, 5) is 0. The van der Waals surface area contributed by atoms with E-state index in [1.807, 2.05) is 0 Å². The molecule has 1 aliphatic rings. The summed E-state index contributed by atoms with van der Waals surface area (Å²) in [7, 11) is -3.10. The zero-order valence-corrected chi connectivity index (χ0v) is 12.3. The molecule has 0 amide bonds. The predicted molar refractivity (Wildman–Crippen MR) is 71.8 cm³/mol. The van der Waals surface area contributed by atoms with Gasteiger partial charge in [-0.2, -0.15) is 0 Å². The smallest absolute Gasteiger partial charge is 0.362 e. The van der Waals surface area contributed by atoms with Gasteiger partial charge in [-0.1, -0.05) is 30.3 Å². The fourth-order valence-electron chi connectivity index (χ4n) is 2.23. The fourth-order valence-corrected chi connectivity index (χ4v) is 9.05. The molecular formula is C12H20O2Si2. The maximum atomic E-state index is 6.32. The summed E-state index contributed by atoms with van der Waals surface area (Å²) < 4.78 is 12.4. The van der Waals surface area contributed by atoms with E-state index >= 15 is 0 Å². The van der Waals surface area contributed by atoms with Crippen LogP contribution in [0.3, 0.4) is 0 Å². The molecule has 88 valence electrons. The van der Waals surface area contributed by atoms with E-state index in [9.17, 15) is 0 Å². The Balaban J connectivity index is 2.26. The average molecular weight is 252 g/mol. The molecule has 0 spiro atoms. The lowest BCUT2D eigenvalue weighted by Crippen LogP contribution is -2.57. The topological polar surface area (TPSA) is 18.5 Å². The first-order chi connectivity index (χ1) is 7.73. The number of benzene rings is 1. The summed E-state index contributed by atoms with van der Waals surface area (Å²) in [6.45, 7) is 5.34. The molecule has 2 nitrogen and oxygen atoms in total. The van der Waals surface area contributed by atoms with E-state index in [1.165, 1.54) is 18.0 Å². The quantitative estimate of drug-likeness (QED) is 0.768. The second-order valence-electron chi connectivity index (χ2n) is 4.59. The number of rotatable bonds is 3. The summed E-state index contributed by atoms with van der Waals surface area (Å²) in [5, 5.41) is 1.32. The Bertz CT molecular complexity index is 321. The molecule has 0 aliphatic carbocycles. The minimum atomic E-state index is -2.06. The Morgan fingerprint density at radius 3 is 2.50 bits per heavy atom. The molecule has 0 radical (unpaired) electrons. The van der Waals surface area contributed by atoms with Crippen molar-refractivity contribution in [1.29, 1.82) is 0 Å². The zero-order chi connectivity index (χ0) is 11.4. The molecule has 0 N–H and O–H groups in total. The molecule has 1 fully saturated rings. The second kappa shape index (κ2) is 5.27. The largest absolute Gasteiger partial charge is 0.436 e. The van der Waals surface area contributed by atoms with Crippen molar-refractivity contribution >= 4 is 22.8 Å². The van der Waals surface area contributed by atoms with Crippen molar-refractivity contribution in [2.75, 3.05) is 6.61 Å². The Labute approximate surface area is 101 Å². The normalized spacial score (nSPS) is 25.9. The van der Waals surface area contributed by atoms with Crippen LogP contribution in [0.1, 0.15) is 12.8 Å². The lowest BCUT2D eigenvalue weighted by Gasteiger charge is -2.36. The van der Waals surface area contributed by atoms with Gasteiger partial charge in [0.25, 0.3) is 0 Å². The second-order valence-corrected chi connectivity index (χ2v) is 10.5. The van der Waals surface area contributed by atoms with Gasteiger partial charge in [-0.3, -0.25) is 0 Å². The standard InChI is InChI=1S/C12H20O2Si2/c1-15(2)14-16(11-7-6-10-13-16)12-8-4-3-5-9-12/h3-5,8-9,15H,6-7,10-11H2,1-2H3. The molecular weight excluding hydrogens is 232 g/mol. The van der Waals surface area contributed by atoms with Crippen LogP contribution in [0.4, 0.5) is 0 Å². The monoisotopic (exact) mass is 252 g/mol. The highest BCUT2D eigenvalue weighted by molar-refractivity contribution is 6.85. The first-order valence-corrected chi connectivity index (χ1v) is 10.9. The maximum Gasteiger partial charge on any atom is 0.362 e.